The Morgan fingerprint density at radius 1 is 1.42 bits per heavy atom. The van der Waals surface area contributed by atoms with Gasteiger partial charge in [-0.3, -0.25) is 9.59 Å². The van der Waals surface area contributed by atoms with Crippen molar-refractivity contribution >= 4 is 11.6 Å². The Morgan fingerprint density at radius 2 is 2.00 bits per heavy atom. The molecule has 0 aliphatic heterocycles. The summed E-state index contributed by atoms with van der Waals surface area (Å²) in [6, 6.07) is 0. The first-order valence-electron chi connectivity index (χ1n) is 3.32. The summed E-state index contributed by atoms with van der Waals surface area (Å²) in [7, 11) is 1.23. The summed E-state index contributed by atoms with van der Waals surface area (Å²) in [5, 5.41) is 9.12. The van der Waals surface area contributed by atoms with Gasteiger partial charge in [0.15, 0.2) is 0 Å². The van der Waals surface area contributed by atoms with Crippen LogP contribution < -0.4 is 0 Å². The predicted molar refractivity (Wildman–Crippen MR) is 40.4 cm³/mol. The summed E-state index contributed by atoms with van der Waals surface area (Å²) in [4.78, 5) is 22.1. The van der Waals surface area contributed by atoms with Crippen LogP contribution in [0.15, 0.2) is 23.2 Å². The smallest absolute Gasteiger partial charge is 0.227 e. The first kappa shape index (κ1) is 8.52. The molecule has 1 aliphatic rings. The normalized spacial score (nSPS) is 18.0. The molecule has 0 atom stereocenters. The monoisotopic (exact) mass is 168 g/mol. The van der Waals surface area contributed by atoms with Crippen LogP contribution in [-0.4, -0.2) is 23.8 Å². The molecule has 1 aliphatic carbocycles. The lowest BCUT2D eigenvalue weighted by Crippen LogP contribution is -2.18. The largest absolute Gasteiger partial charge is 0.501 e. The Bertz CT molecular complexity index is 309. The van der Waals surface area contributed by atoms with Gasteiger partial charge in [-0.05, 0) is 13.0 Å². The number of Topliss-reactive ketones (excluding diaryl/α,β-unsaturated/α-hetero) is 1. The van der Waals surface area contributed by atoms with E-state index in [1.165, 1.54) is 14.0 Å². The van der Waals surface area contributed by atoms with E-state index in [1.807, 2.05) is 0 Å². The standard InChI is InChI=1S/C8H8O4/c1-4-3-5(9)8(12-2)7(11)6(4)10/h3,11H,1-2H3. The van der Waals surface area contributed by atoms with Crippen molar-refractivity contribution < 1.29 is 19.4 Å². The topological polar surface area (TPSA) is 63.6 Å². The van der Waals surface area contributed by atoms with Gasteiger partial charge in [-0.15, -0.1) is 0 Å². The molecule has 0 heterocycles. The highest BCUT2D eigenvalue weighted by atomic mass is 16.5. The Kier molecular flexibility index (Phi) is 1.99. The number of aliphatic hydroxyl groups is 1. The van der Waals surface area contributed by atoms with E-state index < -0.39 is 17.3 Å². The van der Waals surface area contributed by atoms with Crippen LogP contribution in [0.4, 0.5) is 0 Å². The minimum Gasteiger partial charge on any atom is -0.501 e. The second-order valence-electron chi connectivity index (χ2n) is 2.40. The molecule has 0 unspecified atom stereocenters. The number of hydrogen-bond acceptors (Lipinski definition) is 4. The molecule has 0 amide bonds. The van der Waals surface area contributed by atoms with Crippen molar-refractivity contribution in [3.05, 3.63) is 23.2 Å². The zero-order chi connectivity index (χ0) is 9.30. The van der Waals surface area contributed by atoms with Gasteiger partial charge in [-0.2, -0.15) is 0 Å². The van der Waals surface area contributed by atoms with Crippen LogP contribution >= 0.6 is 0 Å². The molecule has 0 aromatic carbocycles. The number of carbonyl (C=O) groups excluding carboxylic acids is 2. The Morgan fingerprint density at radius 3 is 2.50 bits per heavy atom. The molecule has 0 aromatic rings. The van der Waals surface area contributed by atoms with Crippen molar-refractivity contribution in [3.8, 4) is 0 Å². The van der Waals surface area contributed by atoms with E-state index in [9.17, 15) is 9.59 Å². The molecule has 64 valence electrons. The van der Waals surface area contributed by atoms with Crippen LogP contribution in [0.2, 0.25) is 0 Å². The van der Waals surface area contributed by atoms with E-state index in [4.69, 9.17) is 5.11 Å². The summed E-state index contributed by atoms with van der Waals surface area (Å²) >= 11 is 0. The highest BCUT2D eigenvalue weighted by Crippen LogP contribution is 2.16. The molecule has 4 heteroatoms. The quantitative estimate of drug-likeness (QED) is 0.579. The van der Waals surface area contributed by atoms with Gasteiger partial charge in [0.1, 0.15) is 0 Å². The Labute approximate surface area is 69.1 Å². The number of aliphatic hydroxyl groups excluding tert-OH is 1. The van der Waals surface area contributed by atoms with Gasteiger partial charge in [0.25, 0.3) is 0 Å². The predicted octanol–water partition coefficient (Wildman–Crippen LogP) is 0.501. The molecule has 0 saturated heterocycles. The molecular weight excluding hydrogens is 160 g/mol. The zero-order valence-corrected chi connectivity index (χ0v) is 6.75. The molecule has 12 heavy (non-hydrogen) atoms. The van der Waals surface area contributed by atoms with Crippen LogP contribution in [-0.2, 0) is 14.3 Å². The lowest BCUT2D eigenvalue weighted by Gasteiger charge is -2.10. The van der Waals surface area contributed by atoms with Crippen molar-refractivity contribution in [2.75, 3.05) is 7.11 Å². The maximum absolute atomic E-state index is 11.0. The summed E-state index contributed by atoms with van der Waals surface area (Å²) in [5.74, 6) is -1.94. The lowest BCUT2D eigenvalue weighted by atomic mass is 10.0. The number of carbonyl (C=O) groups is 2. The molecule has 0 radical (unpaired) electrons. The molecule has 0 aromatic heterocycles. The third-order valence-corrected chi connectivity index (χ3v) is 1.56. The number of allylic oxidation sites excluding steroid dienone is 2. The number of ketones is 2. The summed E-state index contributed by atoms with van der Waals surface area (Å²) in [6.45, 7) is 1.46. The Hall–Kier alpha value is -1.58. The van der Waals surface area contributed by atoms with Crippen molar-refractivity contribution in [1.29, 1.82) is 0 Å². The van der Waals surface area contributed by atoms with E-state index in [2.05, 4.69) is 4.74 Å². The van der Waals surface area contributed by atoms with Gasteiger partial charge in [0.05, 0.1) is 7.11 Å². The van der Waals surface area contributed by atoms with E-state index in [0.29, 0.717) is 0 Å². The first-order valence-corrected chi connectivity index (χ1v) is 3.32. The second-order valence-corrected chi connectivity index (χ2v) is 2.40. The number of hydrogen-bond donors (Lipinski definition) is 1. The van der Waals surface area contributed by atoms with Crippen LogP contribution in [0.25, 0.3) is 0 Å². The Balaban J connectivity index is 3.17. The molecule has 0 bridgehead atoms. The molecule has 1 rings (SSSR count). The average Bonchev–Trinajstić information content (AvgIpc) is 2.01. The van der Waals surface area contributed by atoms with Crippen LogP contribution in [0.5, 0.6) is 0 Å². The number of ether oxygens (including phenoxy) is 1. The molecule has 4 nitrogen and oxygen atoms in total. The zero-order valence-electron chi connectivity index (χ0n) is 6.75. The number of rotatable bonds is 1. The highest BCUT2D eigenvalue weighted by Gasteiger charge is 2.26. The van der Waals surface area contributed by atoms with Crippen molar-refractivity contribution in [3.63, 3.8) is 0 Å². The van der Waals surface area contributed by atoms with Gasteiger partial charge >= 0.3 is 0 Å². The van der Waals surface area contributed by atoms with Crippen LogP contribution in [0, 0.1) is 0 Å². The minimum atomic E-state index is -0.609. The maximum atomic E-state index is 11.0. The fourth-order valence-corrected chi connectivity index (χ4v) is 0.932. The third-order valence-electron chi connectivity index (χ3n) is 1.56. The summed E-state index contributed by atoms with van der Waals surface area (Å²) in [5.41, 5.74) is 0.221. The van der Waals surface area contributed by atoms with Gasteiger partial charge in [-0.1, -0.05) is 0 Å². The van der Waals surface area contributed by atoms with E-state index >= 15 is 0 Å². The van der Waals surface area contributed by atoms with Gasteiger partial charge in [0.2, 0.25) is 23.1 Å². The van der Waals surface area contributed by atoms with E-state index in [0.717, 1.165) is 6.08 Å². The molecular formula is C8H8O4. The van der Waals surface area contributed by atoms with Crippen LogP contribution in [0.3, 0.4) is 0 Å². The van der Waals surface area contributed by atoms with Gasteiger partial charge in [0, 0.05) is 5.57 Å². The first-order chi connectivity index (χ1) is 5.57. The molecule has 0 spiro atoms. The van der Waals surface area contributed by atoms with Crippen molar-refractivity contribution in [1.82, 2.24) is 0 Å². The van der Waals surface area contributed by atoms with E-state index in [1.54, 1.807) is 0 Å². The van der Waals surface area contributed by atoms with Crippen molar-refractivity contribution in [2.45, 2.75) is 6.92 Å². The fourth-order valence-electron chi connectivity index (χ4n) is 0.932. The van der Waals surface area contributed by atoms with Crippen molar-refractivity contribution in [2.24, 2.45) is 0 Å². The minimum absolute atomic E-state index is 0.221. The third kappa shape index (κ3) is 1.11. The summed E-state index contributed by atoms with van der Waals surface area (Å²) in [6.07, 6.45) is 1.14. The van der Waals surface area contributed by atoms with Gasteiger partial charge in [-0.25, -0.2) is 0 Å². The van der Waals surface area contributed by atoms with Crippen LogP contribution in [0.1, 0.15) is 6.92 Å². The average molecular weight is 168 g/mol. The molecule has 0 saturated carbocycles. The SMILES string of the molecule is COC1=C(O)C(=O)C(C)=CC1=O. The molecule has 1 N–H and O–H groups in total. The fraction of sp³-hybridized carbons (Fsp3) is 0.250. The highest BCUT2D eigenvalue weighted by molar-refractivity contribution is 6.20. The number of methoxy groups -OCH3 is 1. The second kappa shape index (κ2) is 2.81. The van der Waals surface area contributed by atoms with E-state index in [-0.39, 0.29) is 11.3 Å². The maximum Gasteiger partial charge on any atom is 0.227 e. The lowest BCUT2D eigenvalue weighted by molar-refractivity contribution is -0.119. The van der Waals surface area contributed by atoms with Gasteiger partial charge < -0.3 is 9.84 Å². The molecule has 0 fully saturated rings. The summed E-state index contributed by atoms with van der Waals surface area (Å²) < 4.78 is 4.55.